The number of methoxy groups -OCH3 is 1. The average Bonchev–Trinajstić information content (AvgIpc) is 2.15. The predicted octanol–water partition coefficient (Wildman–Crippen LogP) is 2.56. The second-order valence-electron chi connectivity index (χ2n) is 4.12. The third-order valence-corrected chi connectivity index (χ3v) is 3.03. The van der Waals surface area contributed by atoms with Gasteiger partial charge >= 0.3 is 0 Å². The standard InChI is InChI=1S/C11H20O2/c1-9(12)3-4-10-5-7-11(13-2)8-6-10/h10-11H,3-8H2,1-2H3. The molecule has 1 saturated carbocycles. The van der Waals surface area contributed by atoms with Gasteiger partial charge in [-0.3, -0.25) is 0 Å². The Balaban J connectivity index is 2.14. The summed E-state index contributed by atoms with van der Waals surface area (Å²) >= 11 is 0. The van der Waals surface area contributed by atoms with Gasteiger partial charge in [0, 0.05) is 13.5 Å². The third-order valence-electron chi connectivity index (χ3n) is 3.03. The number of hydrogen-bond acceptors (Lipinski definition) is 2. The molecule has 0 amide bonds. The number of carbonyl (C=O) groups excluding carboxylic acids is 1. The van der Waals surface area contributed by atoms with E-state index in [9.17, 15) is 4.79 Å². The van der Waals surface area contributed by atoms with Crippen molar-refractivity contribution in [2.75, 3.05) is 7.11 Å². The number of hydrogen-bond donors (Lipinski definition) is 0. The van der Waals surface area contributed by atoms with Crippen LogP contribution in [0.5, 0.6) is 0 Å². The number of rotatable bonds is 4. The summed E-state index contributed by atoms with van der Waals surface area (Å²) in [6.07, 6.45) is 7.18. The molecule has 0 saturated heterocycles. The molecule has 0 aromatic rings. The van der Waals surface area contributed by atoms with Crippen molar-refractivity contribution >= 4 is 5.78 Å². The Morgan fingerprint density at radius 1 is 1.31 bits per heavy atom. The molecule has 2 nitrogen and oxygen atoms in total. The maximum atomic E-state index is 10.8. The van der Waals surface area contributed by atoms with Crippen LogP contribution in [0.3, 0.4) is 0 Å². The van der Waals surface area contributed by atoms with Gasteiger partial charge in [0.2, 0.25) is 0 Å². The Bertz CT molecular complexity index is 157. The zero-order valence-electron chi connectivity index (χ0n) is 8.71. The summed E-state index contributed by atoms with van der Waals surface area (Å²) in [7, 11) is 1.79. The number of ketones is 1. The lowest BCUT2D eigenvalue weighted by atomic mass is 9.84. The Hall–Kier alpha value is -0.370. The van der Waals surface area contributed by atoms with Gasteiger partial charge in [-0.2, -0.15) is 0 Å². The summed E-state index contributed by atoms with van der Waals surface area (Å²) in [5.41, 5.74) is 0. The highest BCUT2D eigenvalue weighted by molar-refractivity contribution is 5.75. The maximum absolute atomic E-state index is 10.8. The fourth-order valence-corrected chi connectivity index (χ4v) is 2.06. The number of Topliss-reactive ketones (excluding diaryl/α,β-unsaturated/α-hetero) is 1. The first kappa shape index (κ1) is 10.7. The first-order chi connectivity index (χ1) is 6.22. The van der Waals surface area contributed by atoms with Gasteiger partial charge in [-0.15, -0.1) is 0 Å². The minimum Gasteiger partial charge on any atom is -0.381 e. The van der Waals surface area contributed by atoms with Gasteiger partial charge in [0.25, 0.3) is 0 Å². The molecule has 0 aromatic carbocycles. The maximum Gasteiger partial charge on any atom is 0.129 e. The molecule has 0 aromatic heterocycles. The van der Waals surface area contributed by atoms with Gasteiger partial charge in [-0.25, -0.2) is 0 Å². The molecular formula is C11H20O2. The Morgan fingerprint density at radius 3 is 2.38 bits per heavy atom. The van der Waals surface area contributed by atoms with Crippen molar-refractivity contribution in [1.29, 1.82) is 0 Å². The highest BCUT2D eigenvalue weighted by atomic mass is 16.5. The first-order valence-corrected chi connectivity index (χ1v) is 5.24. The lowest BCUT2D eigenvalue weighted by molar-refractivity contribution is -0.117. The predicted molar refractivity (Wildman–Crippen MR) is 52.7 cm³/mol. The molecule has 1 aliphatic rings. The van der Waals surface area contributed by atoms with Crippen LogP contribution < -0.4 is 0 Å². The van der Waals surface area contributed by atoms with Gasteiger partial charge in [0.15, 0.2) is 0 Å². The van der Waals surface area contributed by atoms with Crippen LogP contribution in [-0.2, 0) is 9.53 Å². The van der Waals surface area contributed by atoms with E-state index < -0.39 is 0 Å². The van der Waals surface area contributed by atoms with Crippen molar-refractivity contribution < 1.29 is 9.53 Å². The molecule has 1 rings (SSSR count). The monoisotopic (exact) mass is 184 g/mol. The second kappa shape index (κ2) is 5.38. The summed E-state index contributed by atoms with van der Waals surface area (Å²) < 4.78 is 5.30. The molecule has 1 aliphatic carbocycles. The van der Waals surface area contributed by atoms with E-state index in [1.807, 2.05) is 0 Å². The quantitative estimate of drug-likeness (QED) is 0.671. The van der Waals surface area contributed by atoms with Gasteiger partial charge < -0.3 is 9.53 Å². The van der Waals surface area contributed by atoms with E-state index in [1.54, 1.807) is 14.0 Å². The van der Waals surface area contributed by atoms with E-state index in [2.05, 4.69) is 0 Å². The van der Waals surface area contributed by atoms with Crippen molar-refractivity contribution in [3.8, 4) is 0 Å². The van der Waals surface area contributed by atoms with E-state index in [0.717, 1.165) is 18.8 Å². The van der Waals surface area contributed by atoms with Crippen LogP contribution in [-0.4, -0.2) is 19.0 Å². The molecule has 0 radical (unpaired) electrons. The molecule has 0 aliphatic heterocycles. The summed E-state index contributed by atoms with van der Waals surface area (Å²) in [4.78, 5) is 10.8. The lowest BCUT2D eigenvalue weighted by Crippen LogP contribution is -2.20. The Labute approximate surface area is 80.7 Å². The fraction of sp³-hybridized carbons (Fsp3) is 0.909. The molecule has 2 heteroatoms. The zero-order chi connectivity index (χ0) is 9.68. The highest BCUT2D eigenvalue weighted by Crippen LogP contribution is 2.28. The smallest absolute Gasteiger partial charge is 0.129 e. The Morgan fingerprint density at radius 2 is 1.92 bits per heavy atom. The van der Waals surface area contributed by atoms with E-state index in [-0.39, 0.29) is 0 Å². The largest absolute Gasteiger partial charge is 0.381 e. The molecule has 13 heavy (non-hydrogen) atoms. The van der Waals surface area contributed by atoms with Gasteiger partial charge in [-0.1, -0.05) is 0 Å². The molecule has 1 fully saturated rings. The topological polar surface area (TPSA) is 26.3 Å². The first-order valence-electron chi connectivity index (χ1n) is 5.24. The van der Waals surface area contributed by atoms with Crippen LogP contribution >= 0.6 is 0 Å². The Kier molecular flexibility index (Phi) is 4.43. The molecule has 76 valence electrons. The third kappa shape index (κ3) is 3.90. The van der Waals surface area contributed by atoms with Crippen LogP contribution in [0.2, 0.25) is 0 Å². The van der Waals surface area contributed by atoms with E-state index in [4.69, 9.17) is 4.74 Å². The summed E-state index contributed by atoms with van der Waals surface area (Å²) in [6, 6.07) is 0. The van der Waals surface area contributed by atoms with Crippen LogP contribution in [0.1, 0.15) is 45.4 Å². The molecule has 0 spiro atoms. The summed E-state index contributed by atoms with van der Waals surface area (Å²) in [5, 5.41) is 0. The SMILES string of the molecule is COC1CCC(CCC(C)=O)CC1. The fourth-order valence-electron chi connectivity index (χ4n) is 2.06. The average molecular weight is 184 g/mol. The minimum atomic E-state index is 0.328. The molecule has 0 N–H and O–H groups in total. The van der Waals surface area contributed by atoms with Crippen molar-refractivity contribution in [1.82, 2.24) is 0 Å². The van der Waals surface area contributed by atoms with Crippen molar-refractivity contribution in [3.05, 3.63) is 0 Å². The number of ether oxygens (including phenoxy) is 1. The van der Waals surface area contributed by atoms with Gasteiger partial charge in [0.05, 0.1) is 6.10 Å². The van der Waals surface area contributed by atoms with Gasteiger partial charge in [-0.05, 0) is 44.9 Å². The highest BCUT2D eigenvalue weighted by Gasteiger charge is 2.20. The molecule has 0 bridgehead atoms. The molecule has 0 atom stereocenters. The zero-order valence-corrected chi connectivity index (χ0v) is 8.71. The summed E-state index contributed by atoms with van der Waals surface area (Å²) in [6.45, 7) is 1.68. The van der Waals surface area contributed by atoms with Crippen molar-refractivity contribution in [2.45, 2.75) is 51.6 Å². The normalized spacial score (nSPS) is 28.8. The lowest BCUT2D eigenvalue weighted by Gasteiger charge is -2.27. The summed E-state index contributed by atoms with van der Waals surface area (Å²) in [5.74, 6) is 1.10. The van der Waals surface area contributed by atoms with Gasteiger partial charge in [0.1, 0.15) is 5.78 Å². The van der Waals surface area contributed by atoms with Crippen molar-refractivity contribution in [2.24, 2.45) is 5.92 Å². The molecular weight excluding hydrogens is 164 g/mol. The van der Waals surface area contributed by atoms with E-state index >= 15 is 0 Å². The van der Waals surface area contributed by atoms with E-state index in [1.165, 1.54) is 25.7 Å². The minimum absolute atomic E-state index is 0.328. The van der Waals surface area contributed by atoms with Crippen LogP contribution in [0.4, 0.5) is 0 Å². The second-order valence-corrected chi connectivity index (χ2v) is 4.12. The van der Waals surface area contributed by atoms with E-state index in [0.29, 0.717) is 11.9 Å². The van der Waals surface area contributed by atoms with Crippen LogP contribution in [0.15, 0.2) is 0 Å². The number of carbonyl (C=O) groups is 1. The van der Waals surface area contributed by atoms with Crippen LogP contribution in [0.25, 0.3) is 0 Å². The molecule has 0 unspecified atom stereocenters. The van der Waals surface area contributed by atoms with Crippen LogP contribution in [0, 0.1) is 5.92 Å². The van der Waals surface area contributed by atoms with Crippen molar-refractivity contribution in [3.63, 3.8) is 0 Å². The molecule has 0 heterocycles.